The number of alkyl halides is 1. The zero-order chi connectivity index (χ0) is 10.1. The maximum Gasteiger partial charge on any atom is 0.154 e. The van der Waals surface area contributed by atoms with Crippen molar-refractivity contribution in [3.63, 3.8) is 0 Å². The van der Waals surface area contributed by atoms with Crippen LogP contribution in [0.1, 0.15) is 15.9 Å². The second kappa shape index (κ2) is 3.67. The Kier molecular flexibility index (Phi) is 2.52. The molecule has 1 aromatic carbocycles. The molecule has 0 spiro atoms. The minimum atomic E-state index is -0.495. The van der Waals surface area contributed by atoms with Crippen molar-refractivity contribution in [2.45, 2.75) is 5.88 Å². The molecule has 14 heavy (non-hydrogen) atoms. The van der Waals surface area contributed by atoms with Crippen LogP contribution in [0, 0.1) is 5.82 Å². The molecule has 0 aliphatic heterocycles. The van der Waals surface area contributed by atoms with Gasteiger partial charge in [-0.2, -0.15) is 0 Å². The van der Waals surface area contributed by atoms with E-state index < -0.39 is 5.82 Å². The van der Waals surface area contributed by atoms with Gasteiger partial charge in [0.05, 0.1) is 5.56 Å². The van der Waals surface area contributed by atoms with Gasteiger partial charge in [0, 0.05) is 10.6 Å². The molecule has 2 aromatic rings. The summed E-state index contributed by atoms with van der Waals surface area (Å²) in [6.07, 6.45) is 0.548. The van der Waals surface area contributed by atoms with Crippen molar-refractivity contribution < 1.29 is 9.18 Å². The Hall–Kier alpha value is -0.930. The van der Waals surface area contributed by atoms with Gasteiger partial charge < -0.3 is 0 Å². The number of halogens is 2. The lowest BCUT2D eigenvalue weighted by molar-refractivity contribution is 0.112. The van der Waals surface area contributed by atoms with E-state index >= 15 is 0 Å². The van der Waals surface area contributed by atoms with Crippen LogP contribution < -0.4 is 0 Å². The first-order valence-corrected chi connectivity index (χ1v) is 5.39. The molecule has 0 atom stereocenters. The lowest BCUT2D eigenvalue weighted by Crippen LogP contribution is -1.91. The fourth-order valence-electron chi connectivity index (χ4n) is 1.41. The van der Waals surface area contributed by atoms with Crippen molar-refractivity contribution in [1.29, 1.82) is 0 Å². The highest BCUT2D eigenvalue weighted by Gasteiger charge is 2.11. The number of aldehydes is 1. The van der Waals surface area contributed by atoms with Gasteiger partial charge >= 0.3 is 0 Å². The molecule has 0 aliphatic carbocycles. The van der Waals surface area contributed by atoms with Gasteiger partial charge in [0.2, 0.25) is 0 Å². The van der Waals surface area contributed by atoms with E-state index in [1.807, 2.05) is 11.4 Å². The summed E-state index contributed by atoms with van der Waals surface area (Å²) in [5, 5.41) is 2.70. The first-order chi connectivity index (χ1) is 6.77. The molecule has 0 bridgehead atoms. The standard InChI is InChI=1S/C10H6ClFOS/c11-4-6-3-9(12)8(5-13)10-7(6)1-2-14-10/h1-3,5H,4H2. The number of carbonyl (C=O) groups is 1. The van der Waals surface area contributed by atoms with Gasteiger partial charge in [-0.15, -0.1) is 22.9 Å². The van der Waals surface area contributed by atoms with E-state index in [4.69, 9.17) is 11.6 Å². The molecule has 1 aromatic heterocycles. The van der Waals surface area contributed by atoms with Crippen molar-refractivity contribution in [3.8, 4) is 0 Å². The lowest BCUT2D eigenvalue weighted by Gasteiger charge is -2.02. The number of benzene rings is 1. The third kappa shape index (κ3) is 1.33. The van der Waals surface area contributed by atoms with Gasteiger partial charge in [0.25, 0.3) is 0 Å². The zero-order valence-corrected chi connectivity index (χ0v) is 8.66. The van der Waals surface area contributed by atoms with Crippen molar-refractivity contribution in [1.82, 2.24) is 0 Å². The van der Waals surface area contributed by atoms with Crippen LogP contribution in [0.3, 0.4) is 0 Å². The zero-order valence-electron chi connectivity index (χ0n) is 7.09. The molecule has 0 aliphatic rings. The average Bonchev–Trinajstić information content (AvgIpc) is 2.65. The monoisotopic (exact) mass is 228 g/mol. The minimum Gasteiger partial charge on any atom is -0.298 e. The normalized spacial score (nSPS) is 10.7. The van der Waals surface area contributed by atoms with E-state index in [2.05, 4.69) is 0 Å². The van der Waals surface area contributed by atoms with Gasteiger partial charge in [-0.1, -0.05) is 0 Å². The van der Waals surface area contributed by atoms with Crippen molar-refractivity contribution in [2.75, 3.05) is 0 Å². The van der Waals surface area contributed by atoms with Crippen LogP contribution in [-0.2, 0) is 5.88 Å². The largest absolute Gasteiger partial charge is 0.298 e. The number of thiophene rings is 1. The summed E-state index contributed by atoms with van der Waals surface area (Å²) >= 11 is 7.03. The molecule has 0 saturated carbocycles. The molecule has 0 saturated heterocycles. The third-order valence-electron chi connectivity index (χ3n) is 2.08. The summed E-state index contributed by atoms with van der Waals surface area (Å²) in [5.41, 5.74) is 0.856. The number of fused-ring (bicyclic) bond motifs is 1. The van der Waals surface area contributed by atoms with E-state index in [0.29, 0.717) is 11.0 Å². The highest BCUT2D eigenvalue weighted by molar-refractivity contribution is 7.17. The molecule has 0 radical (unpaired) electrons. The molecule has 0 fully saturated rings. The fraction of sp³-hybridized carbons (Fsp3) is 0.100. The van der Waals surface area contributed by atoms with Crippen LogP contribution in [0.5, 0.6) is 0 Å². The highest BCUT2D eigenvalue weighted by atomic mass is 35.5. The third-order valence-corrected chi connectivity index (χ3v) is 3.31. The summed E-state index contributed by atoms with van der Waals surface area (Å²) in [4.78, 5) is 10.7. The second-order valence-electron chi connectivity index (χ2n) is 2.85. The van der Waals surface area contributed by atoms with E-state index in [-0.39, 0.29) is 11.4 Å². The lowest BCUT2D eigenvalue weighted by atomic mass is 10.1. The molecule has 72 valence electrons. The van der Waals surface area contributed by atoms with Crippen LogP contribution in [0.2, 0.25) is 0 Å². The maximum atomic E-state index is 13.4. The van der Waals surface area contributed by atoms with Gasteiger partial charge in [-0.25, -0.2) is 4.39 Å². The fourth-order valence-corrected chi connectivity index (χ4v) is 2.57. The van der Waals surface area contributed by atoms with Crippen molar-refractivity contribution in [2.24, 2.45) is 0 Å². The summed E-state index contributed by atoms with van der Waals surface area (Å²) in [7, 11) is 0. The highest BCUT2D eigenvalue weighted by Crippen LogP contribution is 2.30. The van der Waals surface area contributed by atoms with Gasteiger partial charge in [-0.05, 0) is 28.5 Å². The molecule has 4 heteroatoms. The van der Waals surface area contributed by atoms with Crippen LogP contribution in [-0.4, -0.2) is 6.29 Å². The first kappa shape index (κ1) is 9.62. The Balaban J connectivity index is 2.88. The number of hydrogen-bond acceptors (Lipinski definition) is 2. The van der Waals surface area contributed by atoms with Crippen LogP contribution in [0.25, 0.3) is 10.1 Å². The van der Waals surface area contributed by atoms with Crippen LogP contribution >= 0.6 is 22.9 Å². The maximum absolute atomic E-state index is 13.4. The van der Waals surface area contributed by atoms with Gasteiger partial charge in [0.1, 0.15) is 5.82 Å². The van der Waals surface area contributed by atoms with Crippen molar-refractivity contribution in [3.05, 3.63) is 34.5 Å². The molecule has 0 unspecified atom stereocenters. The number of rotatable bonds is 2. The summed E-state index contributed by atoms with van der Waals surface area (Å²) < 4.78 is 14.0. The Bertz CT molecular complexity index is 492. The predicted octanol–water partition coefficient (Wildman–Crippen LogP) is 3.59. The summed E-state index contributed by atoms with van der Waals surface area (Å²) in [6, 6.07) is 3.18. The molecule has 1 nitrogen and oxygen atoms in total. The van der Waals surface area contributed by atoms with E-state index in [0.717, 1.165) is 10.9 Å². The average molecular weight is 229 g/mol. The van der Waals surface area contributed by atoms with E-state index in [1.54, 1.807) is 0 Å². The number of carbonyl (C=O) groups excluding carboxylic acids is 1. The van der Waals surface area contributed by atoms with Crippen LogP contribution in [0.4, 0.5) is 4.39 Å². The predicted molar refractivity (Wildman–Crippen MR) is 56.7 cm³/mol. The summed E-state index contributed by atoms with van der Waals surface area (Å²) in [6.45, 7) is 0. The SMILES string of the molecule is O=Cc1c(F)cc(CCl)c2ccsc12. The topological polar surface area (TPSA) is 17.1 Å². The molecular formula is C10H6ClFOS. The quantitative estimate of drug-likeness (QED) is 0.567. The molecule has 2 rings (SSSR count). The minimum absolute atomic E-state index is 0.129. The van der Waals surface area contributed by atoms with E-state index in [1.165, 1.54) is 17.4 Å². The first-order valence-electron chi connectivity index (χ1n) is 3.97. The van der Waals surface area contributed by atoms with Crippen LogP contribution in [0.15, 0.2) is 17.5 Å². The van der Waals surface area contributed by atoms with Gasteiger partial charge in [-0.3, -0.25) is 4.79 Å². The van der Waals surface area contributed by atoms with Gasteiger partial charge in [0.15, 0.2) is 6.29 Å². The molecule has 1 heterocycles. The number of hydrogen-bond donors (Lipinski definition) is 0. The Labute approximate surface area is 89.1 Å². The van der Waals surface area contributed by atoms with Crippen molar-refractivity contribution >= 4 is 39.3 Å². The van der Waals surface area contributed by atoms with E-state index in [9.17, 15) is 9.18 Å². The molecule has 0 N–H and O–H groups in total. The smallest absolute Gasteiger partial charge is 0.154 e. The Morgan fingerprint density at radius 2 is 2.36 bits per heavy atom. The second-order valence-corrected chi connectivity index (χ2v) is 4.03. The Morgan fingerprint density at radius 1 is 1.57 bits per heavy atom. The Morgan fingerprint density at radius 3 is 3.00 bits per heavy atom. The molecule has 0 amide bonds. The summed E-state index contributed by atoms with van der Waals surface area (Å²) in [5.74, 6) is -0.242. The molecular weight excluding hydrogens is 223 g/mol.